The fraction of sp³-hybridized carbons (Fsp3) is 0. The lowest BCUT2D eigenvalue weighted by molar-refractivity contribution is 0.367. The van der Waals surface area contributed by atoms with Gasteiger partial charge in [-0.3, -0.25) is 7.49 Å². The van der Waals surface area contributed by atoms with Crippen LogP contribution in [0.4, 0.5) is 0 Å². The summed E-state index contributed by atoms with van der Waals surface area (Å²) >= 11 is 5.51. The summed E-state index contributed by atoms with van der Waals surface area (Å²) in [7, 11) is -0.799. The maximum absolute atomic E-state index is 5.17. The lowest BCUT2D eigenvalue weighted by Gasteiger charge is -2.06. The van der Waals surface area contributed by atoms with Crippen molar-refractivity contribution in [3.8, 4) is 5.75 Å². The van der Waals surface area contributed by atoms with E-state index in [1.54, 1.807) is 12.1 Å². The van der Waals surface area contributed by atoms with Crippen LogP contribution in [-0.4, -0.2) is 7.32 Å². The Hall–Kier alpha value is -0.0351. The molecule has 3 nitrogen and oxygen atoms in total. The molecule has 1 aromatic carbocycles. The second-order valence-electron chi connectivity index (χ2n) is 1.90. The Morgan fingerprint density at radius 3 is 2.08 bits per heavy atom. The van der Waals surface area contributed by atoms with Crippen LogP contribution in [0.1, 0.15) is 0 Å². The molecule has 0 N–H and O–H groups in total. The van der Waals surface area contributed by atoms with E-state index in [-0.39, 0.29) is 0 Å². The standard InChI is InChI=1S/C6H5BBr2O3/c8-11-7(12-9)10-6-4-2-1-3-5-6/h1-5H. The second-order valence-corrected chi connectivity index (χ2v) is 2.65. The SMILES string of the molecule is BrOB(OBr)Oc1ccccc1. The molecule has 0 heterocycles. The molecule has 0 amide bonds. The fourth-order valence-electron chi connectivity index (χ4n) is 0.660. The first-order valence-electron chi connectivity index (χ1n) is 3.13. The molecule has 0 aliphatic carbocycles. The van der Waals surface area contributed by atoms with Gasteiger partial charge in [0.15, 0.2) is 0 Å². The average Bonchev–Trinajstić information content (AvgIpc) is 2.16. The molecule has 0 aromatic heterocycles. The van der Waals surface area contributed by atoms with E-state index in [0.29, 0.717) is 5.75 Å². The van der Waals surface area contributed by atoms with Crippen LogP contribution in [0.15, 0.2) is 30.3 Å². The zero-order valence-corrected chi connectivity index (χ0v) is 9.12. The lowest BCUT2D eigenvalue weighted by Crippen LogP contribution is -2.22. The molecule has 0 saturated heterocycles. The molecule has 0 atom stereocenters. The van der Waals surface area contributed by atoms with Crippen LogP contribution in [0.2, 0.25) is 0 Å². The molecule has 1 aromatic rings. The van der Waals surface area contributed by atoms with Crippen molar-refractivity contribution in [1.82, 2.24) is 0 Å². The van der Waals surface area contributed by atoms with E-state index in [1.807, 2.05) is 18.2 Å². The summed E-state index contributed by atoms with van der Waals surface area (Å²) < 4.78 is 14.4. The molecule has 0 bridgehead atoms. The predicted octanol–water partition coefficient (Wildman–Crippen LogP) is 2.70. The van der Waals surface area contributed by atoms with Crippen LogP contribution in [0.5, 0.6) is 5.75 Å². The summed E-state index contributed by atoms with van der Waals surface area (Å²) in [6.45, 7) is 0. The molecular weight excluding hydrogens is 291 g/mol. The quantitative estimate of drug-likeness (QED) is 0.800. The van der Waals surface area contributed by atoms with Gasteiger partial charge in [0.25, 0.3) is 0 Å². The van der Waals surface area contributed by atoms with Crippen LogP contribution >= 0.6 is 32.5 Å². The average molecular weight is 296 g/mol. The van der Waals surface area contributed by atoms with E-state index in [2.05, 4.69) is 40.0 Å². The zero-order chi connectivity index (χ0) is 8.81. The summed E-state index contributed by atoms with van der Waals surface area (Å²) in [5, 5.41) is 0. The molecule has 0 fully saturated rings. The Labute approximate surface area is 88.1 Å². The first-order chi connectivity index (χ1) is 5.86. The minimum atomic E-state index is -0.799. The van der Waals surface area contributed by atoms with E-state index in [4.69, 9.17) is 4.65 Å². The van der Waals surface area contributed by atoms with Crippen molar-refractivity contribution in [1.29, 1.82) is 0 Å². The molecule has 0 aliphatic rings. The van der Waals surface area contributed by atoms with Gasteiger partial charge >= 0.3 is 7.32 Å². The topological polar surface area (TPSA) is 27.7 Å². The van der Waals surface area contributed by atoms with E-state index in [0.717, 1.165) is 0 Å². The Bertz CT molecular complexity index is 217. The fourth-order valence-corrected chi connectivity index (χ4v) is 1.17. The molecule has 12 heavy (non-hydrogen) atoms. The van der Waals surface area contributed by atoms with Crippen molar-refractivity contribution in [2.45, 2.75) is 0 Å². The van der Waals surface area contributed by atoms with Crippen molar-refractivity contribution in [2.75, 3.05) is 0 Å². The maximum atomic E-state index is 5.17. The molecule has 0 aliphatic heterocycles. The normalized spacial score (nSPS) is 9.50. The van der Waals surface area contributed by atoms with Crippen LogP contribution in [0.25, 0.3) is 0 Å². The van der Waals surface area contributed by atoms with Crippen LogP contribution < -0.4 is 4.65 Å². The number of benzene rings is 1. The maximum Gasteiger partial charge on any atom is 0.735 e. The molecular formula is C6H5BBr2O3. The molecule has 0 unspecified atom stereocenters. The second kappa shape index (κ2) is 5.58. The number of rotatable bonds is 4. The first-order valence-corrected chi connectivity index (χ1v) is 4.43. The summed E-state index contributed by atoms with van der Waals surface area (Å²) in [6, 6.07) is 9.20. The van der Waals surface area contributed by atoms with Gasteiger partial charge in [0, 0.05) is 0 Å². The largest absolute Gasteiger partial charge is 0.735 e. The monoisotopic (exact) mass is 294 g/mol. The van der Waals surface area contributed by atoms with Crippen LogP contribution in [0, 0.1) is 0 Å². The van der Waals surface area contributed by atoms with Gasteiger partial charge in [0.05, 0.1) is 32.5 Å². The van der Waals surface area contributed by atoms with E-state index in [1.165, 1.54) is 0 Å². The highest BCUT2D eigenvalue weighted by Gasteiger charge is 2.22. The zero-order valence-electron chi connectivity index (χ0n) is 5.94. The van der Waals surface area contributed by atoms with Crippen LogP contribution in [-0.2, 0) is 7.49 Å². The molecule has 0 spiro atoms. The summed E-state index contributed by atoms with van der Waals surface area (Å²) in [6.07, 6.45) is 0. The van der Waals surface area contributed by atoms with E-state index >= 15 is 0 Å². The Balaban J connectivity index is 2.51. The van der Waals surface area contributed by atoms with Gasteiger partial charge in [-0.2, -0.15) is 0 Å². The van der Waals surface area contributed by atoms with Gasteiger partial charge in [0.2, 0.25) is 0 Å². The van der Waals surface area contributed by atoms with Crippen LogP contribution in [0.3, 0.4) is 0 Å². The van der Waals surface area contributed by atoms with Gasteiger partial charge in [-0.15, -0.1) is 0 Å². The van der Waals surface area contributed by atoms with Gasteiger partial charge in [0.1, 0.15) is 5.75 Å². The van der Waals surface area contributed by atoms with Gasteiger partial charge < -0.3 is 4.65 Å². The highest BCUT2D eigenvalue weighted by molar-refractivity contribution is 9.06. The number of para-hydroxylation sites is 1. The van der Waals surface area contributed by atoms with Gasteiger partial charge in [-0.25, -0.2) is 0 Å². The predicted molar refractivity (Wildman–Crippen MR) is 52.8 cm³/mol. The number of hydrogen-bond acceptors (Lipinski definition) is 3. The highest BCUT2D eigenvalue weighted by atomic mass is 79.9. The third-order valence-electron chi connectivity index (χ3n) is 1.12. The molecule has 1 rings (SSSR count). The first kappa shape index (κ1) is 10.0. The smallest absolute Gasteiger partial charge is 0.511 e. The molecule has 0 saturated carbocycles. The van der Waals surface area contributed by atoms with Gasteiger partial charge in [-0.05, 0) is 12.1 Å². The van der Waals surface area contributed by atoms with Crippen molar-refractivity contribution < 1.29 is 12.1 Å². The number of hydrogen-bond donors (Lipinski definition) is 0. The van der Waals surface area contributed by atoms with Gasteiger partial charge in [-0.1, -0.05) is 18.2 Å². The Morgan fingerprint density at radius 1 is 1.00 bits per heavy atom. The minimum absolute atomic E-state index is 0.668. The minimum Gasteiger partial charge on any atom is -0.511 e. The lowest BCUT2D eigenvalue weighted by atomic mass is 10.2. The Morgan fingerprint density at radius 2 is 1.58 bits per heavy atom. The van der Waals surface area contributed by atoms with Crippen molar-refractivity contribution in [2.24, 2.45) is 0 Å². The molecule has 6 heteroatoms. The summed E-state index contributed by atoms with van der Waals surface area (Å²) in [5.74, 6) is 0.668. The third-order valence-corrected chi connectivity index (χ3v) is 1.73. The van der Waals surface area contributed by atoms with E-state index < -0.39 is 7.32 Å². The van der Waals surface area contributed by atoms with Crippen molar-refractivity contribution in [3.63, 3.8) is 0 Å². The third kappa shape index (κ3) is 3.14. The van der Waals surface area contributed by atoms with E-state index in [9.17, 15) is 0 Å². The summed E-state index contributed by atoms with van der Waals surface area (Å²) in [4.78, 5) is 0. The van der Waals surface area contributed by atoms with Crippen molar-refractivity contribution in [3.05, 3.63) is 30.3 Å². The number of halogens is 2. The summed E-state index contributed by atoms with van der Waals surface area (Å²) in [5.41, 5.74) is 0. The van der Waals surface area contributed by atoms with Crippen molar-refractivity contribution >= 4 is 39.8 Å². The molecule has 64 valence electrons. The Kier molecular flexibility index (Phi) is 4.68. The highest BCUT2D eigenvalue weighted by Crippen LogP contribution is 2.12. The molecule has 0 radical (unpaired) electrons.